The van der Waals surface area contributed by atoms with Crippen LogP contribution in [0.25, 0.3) is 0 Å². The minimum absolute atomic E-state index is 0.0855. The summed E-state index contributed by atoms with van der Waals surface area (Å²) >= 11 is 1.69. The lowest BCUT2D eigenvalue weighted by Crippen LogP contribution is -2.43. The maximum absolute atomic E-state index is 13.1. The highest BCUT2D eigenvalue weighted by molar-refractivity contribution is 7.12. The molecule has 1 saturated carbocycles. The first-order valence-corrected chi connectivity index (χ1v) is 6.38. The predicted molar refractivity (Wildman–Crippen MR) is 63.1 cm³/mol. The number of aryl methyl sites for hydroxylation is 2. The summed E-state index contributed by atoms with van der Waals surface area (Å²) in [6, 6.07) is 2.06. The van der Waals surface area contributed by atoms with Crippen LogP contribution in [-0.2, 0) is 5.54 Å². The Bertz CT molecular complexity index is 388. The molecule has 1 fully saturated rings. The van der Waals surface area contributed by atoms with E-state index in [0.29, 0.717) is 12.8 Å². The van der Waals surface area contributed by atoms with E-state index < -0.39 is 11.5 Å². The fourth-order valence-electron chi connectivity index (χ4n) is 2.46. The van der Waals surface area contributed by atoms with Crippen LogP contribution in [0.1, 0.15) is 41.0 Å². The van der Waals surface area contributed by atoms with E-state index in [1.807, 2.05) is 13.8 Å². The molecule has 1 heterocycles. The smallest absolute Gasteiger partial charge is 0.248 e. The third-order valence-electron chi connectivity index (χ3n) is 3.45. The van der Waals surface area contributed by atoms with Gasteiger partial charge in [0.1, 0.15) is 0 Å². The third-order valence-corrected chi connectivity index (χ3v) is 4.42. The van der Waals surface area contributed by atoms with Crippen LogP contribution in [0.5, 0.6) is 0 Å². The normalized spacial score (nSPS) is 23.3. The summed E-state index contributed by atoms with van der Waals surface area (Å²) in [5.74, 6) is -2.51. The van der Waals surface area contributed by atoms with Crippen molar-refractivity contribution >= 4 is 11.3 Å². The zero-order valence-electron chi connectivity index (χ0n) is 9.65. The van der Waals surface area contributed by atoms with E-state index >= 15 is 0 Å². The average molecular weight is 245 g/mol. The highest BCUT2D eigenvalue weighted by Gasteiger charge is 2.42. The van der Waals surface area contributed by atoms with Crippen molar-refractivity contribution in [2.24, 2.45) is 5.73 Å². The Balaban J connectivity index is 2.24. The zero-order valence-corrected chi connectivity index (χ0v) is 10.5. The minimum atomic E-state index is -2.51. The Morgan fingerprint density at radius 3 is 2.19 bits per heavy atom. The largest absolute Gasteiger partial charge is 0.321 e. The van der Waals surface area contributed by atoms with Gasteiger partial charge in [-0.25, -0.2) is 8.78 Å². The van der Waals surface area contributed by atoms with Gasteiger partial charge in [0.25, 0.3) is 0 Å². The molecule has 0 aliphatic heterocycles. The first-order valence-electron chi connectivity index (χ1n) is 5.57. The fraction of sp³-hybridized carbons (Fsp3) is 0.667. The maximum atomic E-state index is 13.1. The topological polar surface area (TPSA) is 26.0 Å². The molecule has 1 aromatic rings. The number of halogens is 2. The van der Waals surface area contributed by atoms with Gasteiger partial charge < -0.3 is 5.73 Å². The molecule has 1 aliphatic rings. The van der Waals surface area contributed by atoms with E-state index in [1.165, 1.54) is 9.75 Å². The number of nitrogens with two attached hydrogens (primary N) is 1. The number of thiophene rings is 1. The fourth-order valence-corrected chi connectivity index (χ4v) is 3.49. The Kier molecular flexibility index (Phi) is 2.83. The van der Waals surface area contributed by atoms with E-state index in [2.05, 4.69) is 6.07 Å². The summed E-state index contributed by atoms with van der Waals surface area (Å²) in [5, 5.41) is 0. The predicted octanol–water partition coefficient (Wildman–Crippen LogP) is 3.73. The van der Waals surface area contributed by atoms with Crippen molar-refractivity contribution in [2.45, 2.75) is 51.0 Å². The number of rotatable bonds is 1. The van der Waals surface area contributed by atoms with Gasteiger partial charge in [0, 0.05) is 28.1 Å². The number of hydrogen-bond donors (Lipinski definition) is 1. The van der Waals surface area contributed by atoms with Crippen LogP contribution < -0.4 is 5.73 Å². The third kappa shape index (κ3) is 2.13. The van der Waals surface area contributed by atoms with Gasteiger partial charge in [0.15, 0.2) is 0 Å². The molecule has 0 bridgehead atoms. The Labute approximate surface area is 98.7 Å². The molecule has 1 nitrogen and oxygen atoms in total. The second-order valence-corrected chi connectivity index (χ2v) is 6.30. The summed E-state index contributed by atoms with van der Waals surface area (Å²) in [4.78, 5) is 2.37. The first-order chi connectivity index (χ1) is 7.32. The minimum Gasteiger partial charge on any atom is -0.321 e. The second-order valence-electron chi connectivity index (χ2n) is 4.84. The molecule has 1 aromatic heterocycles. The Hall–Kier alpha value is -0.480. The van der Waals surface area contributed by atoms with E-state index in [1.54, 1.807) is 11.3 Å². The molecule has 2 N–H and O–H groups in total. The second kappa shape index (κ2) is 3.77. The van der Waals surface area contributed by atoms with Crippen LogP contribution in [-0.4, -0.2) is 5.92 Å². The molecule has 0 spiro atoms. The molecule has 0 saturated heterocycles. The summed E-state index contributed by atoms with van der Waals surface area (Å²) < 4.78 is 26.2. The van der Waals surface area contributed by atoms with Crippen molar-refractivity contribution in [3.63, 3.8) is 0 Å². The van der Waals surface area contributed by atoms with Gasteiger partial charge in [-0.3, -0.25) is 0 Å². The van der Waals surface area contributed by atoms with Crippen LogP contribution in [0.15, 0.2) is 6.07 Å². The van der Waals surface area contributed by atoms with Gasteiger partial charge in [-0.1, -0.05) is 0 Å². The van der Waals surface area contributed by atoms with Crippen molar-refractivity contribution in [3.8, 4) is 0 Å². The van der Waals surface area contributed by atoms with Crippen LogP contribution in [0, 0.1) is 13.8 Å². The van der Waals surface area contributed by atoms with Gasteiger partial charge in [0.2, 0.25) is 5.92 Å². The lowest BCUT2D eigenvalue weighted by Gasteiger charge is -2.37. The van der Waals surface area contributed by atoms with Crippen molar-refractivity contribution < 1.29 is 8.78 Å². The lowest BCUT2D eigenvalue weighted by atomic mass is 9.76. The lowest BCUT2D eigenvalue weighted by molar-refractivity contribution is -0.0514. The molecule has 0 atom stereocenters. The van der Waals surface area contributed by atoms with E-state index in [-0.39, 0.29) is 12.8 Å². The maximum Gasteiger partial charge on any atom is 0.248 e. The van der Waals surface area contributed by atoms with Crippen LogP contribution >= 0.6 is 11.3 Å². The van der Waals surface area contributed by atoms with Gasteiger partial charge in [-0.15, -0.1) is 11.3 Å². The number of alkyl halides is 2. The molecule has 4 heteroatoms. The highest BCUT2D eigenvalue weighted by Crippen LogP contribution is 2.44. The summed E-state index contributed by atoms with van der Waals surface area (Å²) in [6.07, 6.45) is 0.601. The molecule has 90 valence electrons. The quantitative estimate of drug-likeness (QED) is 0.801. The molecule has 0 radical (unpaired) electrons. The van der Waals surface area contributed by atoms with Crippen LogP contribution in [0.4, 0.5) is 8.78 Å². The average Bonchev–Trinajstić information content (AvgIpc) is 2.52. The van der Waals surface area contributed by atoms with Gasteiger partial charge in [-0.2, -0.15) is 0 Å². The van der Waals surface area contributed by atoms with Crippen LogP contribution in [0.3, 0.4) is 0 Å². The molecule has 0 amide bonds. The molecule has 2 rings (SSSR count). The molecular weight excluding hydrogens is 228 g/mol. The van der Waals surface area contributed by atoms with Crippen molar-refractivity contribution in [1.82, 2.24) is 0 Å². The molecule has 16 heavy (non-hydrogen) atoms. The number of hydrogen-bond acceptors (Lipinski definition) is 2. The van der Waals surface area contributed by atoms with Crippen molar-refractivity contribution in [2.75, 3.05) is 0 Å². The molecule has 0 aromatic carbocycles. The summed E-state index contributed by atoms with van der Waals surface area (Å²) in [7, 11) is 0. The van der Waals surface area contributed by atoms with E-state index in [4.69, 9.17) is 5.73 Å². The van der Waals surface area contributed by atoms with Gasteiger partial charge in [-0.05, 0) is 38.3 Å². The SMILES string of the molecule is Cc1cc(C2(N)CCC(F)(F)CC2)c(C)s1. The molecular formula is C12H17F2NS. The van der Waals surface area contributed by atoms with Gasteiger partial charge >= 0.3 is 0 Å². The van der Waals surface area contributed by atoms with Crippen molar-refractivity contribution in [1.29, 1.82) is 0 Å². The van der Waals surface area contributed by atoms with E-state index in [0.717, 1.165) is 5.56 Å². The first kappa shape index (κ1) is 12.0. The standard InChI is InChI=1S/C12H17F2NS/c1-8-7-10(9(2)16-8)11(15)3-5-12(13,14)6-4-11/h7H,3-6,15H2,1-2H3. The molecule has 1 aliphatic carbocycles. The summed E-state index contributed by atoms with van der Waals surface area (Å²) in [5.41, 5.74) is 6.83. The summed E-state index contributed by atoms with van der Waals surface area (Å²) in [6.45, 7) is 4.05. The Morgan fingerprint density at radius 2 is 1.75 bits per heavy atom. The molecule has 0 unspecified atom stereocenters. The zero-order chi connectivity index (χ0) is 12.0. The van der Waals surface area contributed by atoms with Crippen LogP contribution in [0.2, 0.25) is 0 Å². The van der Waals surface area contributed by atoms with Crippen molar-refractivity contribution in [3.05, 3.63) is 21.4 Å². The van der Waals surface area contributed by atoms with E-state index in [9.17, 15) is 8.78 Å². The Morgan fingerprint density at radius 1 is 1.19 bits per heavy atom. The highest BCUT2D eigenvalue weighted by atomic mass is 32.1. The monoisotopic (exact) mass is 245 g/mol. The van der Waals surface area contributed by atoms with Gasteiger partial charge in [0.05, 0.1) is 0 Å².